The Bertz CT molecular complexity index is 589. The smallest absolute Gasteiger partial charge is 0.183 e. The molecule has 1 aromatic rings. The molecule has 2 N–H and O–H groups in total. The number of Topliss-reactive ketones (excluding diaryl/α,β-unsaturated/α-hetero) is 1. The summed E-state index contributed by atoms with van der Waals surface area (Å²) in [5, 5.41) is 14.9. The Morgan fingerprint density at radius 1 is 1.21 bits per heavy atom. The summed E-state index contributed by atoms with van der Waals surface area (Å²) in [5.74, 6) is 1.42. The molecular formula is C20H28N2O2. The van der Waals surface area contributed by atoms with Crippen molar-refractivity contribution in [2.24, 2.45) is 17.8 Å². The van der Waals surface area contributed by atoms with Crippen molar-refractivity contribution in [1.29, 1.82) is 0 Å². The van der Waals surface area contributed by atoms with Gasteiger partial charge in [-0.2, -0.15) is 0 Å². The van der Waals surface area contributed by atoms with Gasteiger partial charge in [0.2, 0.25) is 0 Å². The number of piperidine rings is 1. The minimum atomic E-state index is -1.33. The largest absolute Gasteiger partial charge is 0.377 e. The molecule has 1 aromatic carbocycles. The Morgan fingerprint density at radius 3 is 2.46 bits per heavy atom. The van der Waals surface area contributed by atoms with Gasteiger partial charge in [0.25, 0.3) is 0 Å². The third-order valence-corrected chi connectivity index (χ3v) is 6.53. The van der Waals surface area contributed by atoms with Crippen molar-refractivity contribution < 1.29 is 9.90 Å². The SMILES string of the molecule is CN(CC(=O)C(O)(c1ccccc1)C1CCCC1)C1C2CNCC21. The van der Waals surface area contributed by atoms with Gasteiger partial charge in [-0.15, -0.1) is 0 Å². The molecule has 0 bridgehead atoms. The third kappa shape index (κ3) is 2.61. The minimum Gasteiger partial charge on any atom is -0.377 e. The average Bonchev–Trinajstić information content (AvgIpc) is 3.03. The Kier molecular flexibility index (Phi) is 4.23. The average molecular weight is 328 g/mol. The van der Waals surface area contributed by atoms with E-state index in [-0.39, 0.29) is 11.7 Å². The summed E-state index contributed by atoms with van der Waals surface area (Å²) in [4.78, 5) is 15.4. The first kappa shape index (κ1) is 16.2. The van der Waals surface area contributed by atoms with Crippen LogP contribution in [0, 0.1) is 17.8 Å². The lowest BCUT2D eigenvalue weighted by molar-refractivity contribution is -0.146. The Balaban J connectivity index is 1.53. The predicted molar refractivity (Wildman–Crippen MR) is 93.6 cm³/mol. The number of fused-ring (bicyclic) bond motifs is 1. The summed E-state index contributed by atoms with van der Waals surface area (Å²) in [7, 11) is 2.04. The summed E-state index contributed by atoms with van der Waals surface area (Å²) < 4.78 is 0. The molecule has 1 saturated heterocycles. The van der Waals surface area contributed by atoms with E-state index < -0.39 is 5.60 Å². The maximum Gasteiger partial charge on any atom is 0.183 e. The molecule has 3 atom stereocenters. The number of ketones is 1. The van der Waals surface area contributed by atoms with E-state index >= 15 is 0 Å². The zero-order chi connectivity index (χ0) is 16.7. The summed E-state index contributed by atoms with van der Waals surface area (Å²) in [6.45, 7) is 2.48. The van der Waals surface area contributed by atoms with Gasteiger partial charge in [0.1, 0.15) is 0 Å². The second kappa shape index (κ2) is 6.25. The fraction of sp³-hybridized carbons (Fsp3) is 0.650. The van der Waals surface area contributed by atoms with Crippen LogP contribution in [-0.2, 0) is 10.4 Å². The van der Waals surface area contributed by atoms with Crippen LogP contribution in [0.1, 0.15) is 31.2 Å². The van der Waals surface area contributed by atoms with Crippen molar-refractivity contribution in [3.8, 4) is 0 Å². The molecule has 0 spiro atoms. The molecule has 0 amide bonds. The fourth-order valence-electron chi connectivity index (χ4n) is 5.15. The van der Waals surface area contributed by atoms with Crippen molar-refractivity contribution in [3.05, 3.63) is 35.9 Å². The van der Waals surface area contributed by atoms with Crippen LogP contribution in [0.2, 0.25) is 0 Å². The number of nitrogens with one attached hydrogen (secondary N) is 1. The van der Waals surface area contributed by atoms with Gasteiger partial charge >= 0.3 is 0 Å². The number of aliphatic hydroxyl groups is 1. The number of rotatable bonds is 6. The molecule has 0 aromatic heterocycles. The maximum absolute atomic E-state index is 13.2. The third-order valence-electron chi connectivity index (χ3n) is 6.53. The first-order valence-electron chi connectivity index (χ1n) is 9.34. The van der Waals surface area contributed by atoms with Crippen molar-refractivity contribution in [1.82, 2.24) is 10.2 Å². The van der Waals surface area contributed by atoms with Crippen LogP contribution in [0.25, 0.3) is 0 Å². The van der Waals surface area contributed by atoms with Gasteiger partial charge in [-0.3, -0.25) is 9.69 Å². The number of nitrogens with zero attached hydrogens (tertiary/aromatic N) is 1. The molecular weight excluding hydrogens is 300 g/mol. The molecule has 1 heterocycles. The van der Waals surface area contributed by atoms with E-state index in [4.69, 9.17) is 0 Å². The van der Waals surface area contributed by atoms with Gasteiger partial charge in [-0.1, -0.05) is 43.2 Å². The van der Waals surface area contributed by atoms with Gasteiger partial charge < -0.3 is 10.4 Å². The highest BCUT2D eigenvalue weighted by molar-refractivity contribution is 5.90. The first-order chi connectivity index (χ1) is 11.6. The van der Waals surface area contributed by atoms with E-state index in [1.807, 2.05) is 37.4 Å². The Labute approximate surface area is 144 Å². The maximum atomic E-state index is 13.2. The van der Waals surface area contributed by atoms with Gasteiger partial charge in [-0.05, 0) is 56.3 Å². The molecule has 3 aliphatic rings. The van der Waals surface area contributed by atoms with Crippen LogP contribution in [0.3, 0.4) is 0 Å². The van der Waals surface area contributed by atoms with Crippen molar-refractivity contribution in [3.63, 3.8) is 0 Å². The highest BCUT2D eigenvalue weighted by Crippen LogP contribution is 2.46. The van der Waals surface area contributed by atoms with Gasteiger partial charge in [0.15, 0.2) is 11.4 Å². The molecule has 4 nitrogen and oxygen atoms in total. The van der Waals surface area contributed by atoms with E-state index in [1.165, 1.54) is 0 Å². The lowest BCUT2D eigenvalue weighted by atomic mass is 9.77. The zero-order valence-electron chi connectivity index (χ0n) is 14.4. The minimum absolute atomic E-state index is 0.0268. The van der Waals surface area contributed by atoms with E-state index in [0.29, 0.717) is 24.4 Å². The Hall–Kier alpha value is -1.23. The van der Waals surface area contributed by atoms with E-state index in [1.54, 1.807) is 0 Å². The van der Waals surface area contributed by atoms with E-state index in [0.717, 1.165) is 44.3 Å². The summed E-state index contributed by atoms with van der Waals surface area (Å²) in [5.41, 5.74) is -0.554. The van der Waals surface area contributed by atoms with Crippen LogP contribution >= 0.6 is 0 Å². The first-order valence-corrected chi connectivity index (χ1v) is 9.34. The van der Waals surface area contributed by atoms with Gasteiger partial charge in [0.05, 0.1) is 6.54 Å². The van der Waals surface area contributed by atoms with E-state index in [9.17, 15) is 9.90 Å². The molecule has 3 fully saturated rings. The molecule has 3 unspecified atom stereocenters. The molecule has 4 rings (SSSR count). The second-order valence-corrected chi connectivity index (χ2v) is 7.93. The number of hydrogen-bond donors (Lipinski definition) is 2. The van der Waals surface area contributed by atoms with Gasteiger partial charge in [0, 0.05) is 6.04 Å². The van der Waals surface area contributed by atoms with Crippen LogP contribution < -0.4 is 5.32 Å². The van der Waals surface area contributed by atoms with Crippen LogP contribution in [0.4, 0.5) is 0 Å². The molecule has 1 aliphatic heterocycles. The van der Waals surface area contributed by atoms with Crippen LogP contribution in [0.5, 0.6) is 0 Å². The normalized spacial score (nSPS) is 31.9. The Morgan fingerprint density at radius 2 is 1.83 bits per heavy atom. The lowest BCUT2D eigenvalue weighted by Gasteiger charge is -2.35. The van der Waals surface area contributed by atoms with Gasteiger partial charge in [-0.25, -0.2) is 0 Å². The molecule has 0 radical (unpaired) electrons. The number of carbonyl (C=O) groups excluding carboxylic acids is 1. The van der Waals surface area contributed by atoms with Crippen LogP contribution in [0.15, 0.2) is 30.3 Å². The molecule has 130 valence electrons. The highest BCUT2D eigenvalue weighted by atomic mass is 16.3. The fourth-order valence-corrected chi connectivity index (χ4v) is 5.15. The molecule has 4 heteroatoms. The second-order valence-electron chi connectivity index (χ2n) is 7.93. The quantitative estimate of drug-likeness (QED) is 0.836. The summed E-state index contributed by atoms with van der Waals surface area (Å²) in [6, 6.07) is 10.1. The van der Waals surface area contributed by atoms with E-state index in [2.05, 4.69) is 10.2 Å². The van der Waals surface area contributed by atoms with Crippen molar-refractivity contribution in [2.75, 3.05) is 26.7 Å². The summed E-state index contributed by atoms with van der Waals surface area (Å²) in [6.07, 6.45) is 4.11. The van der Waals surface area contributed by atoms with Crippen molar-refractivity contribution >= 4 is 5.78 Å². The summed E-state index contributed by atoms with van der Waals surface area (Å²) >= 11 is 0. The topological polar surface area (TPSA) is 52.6 Å². The lowest BCUT2D eigenvalue weighted by Crippen LogP contribution is -2.47. The number of hydrogen-bond acceptors (Lipinski definition) is 4. The molecule has 2 saturated carbocycles. The number of likely N-dealkylation sites (N-methyl/N-ethyl adjacent to an activating group) is 1. The molecule has 24 heavy (non-hydrogen) atoms. The standard InChI is InChI=1S/C20H28N2O2/c1-22(19-16-11-21-12-17(16)19)13-18(23)20(24,15-9-5-6-10-15)14-7-3-2-4-8-14/h2-4,7-8,15-17,19,21,24H,5-6,9-13H2,1H3. The van der Waals surface area contributed by atoms with Crippen LogP contribution in [-0.4, -0.2) is 48.5 Å². The molecule has 2 aliphatic carbocycles. The monoisotopic (exact) mass is 328 g/mol. The predicted octanol–water partition coefficient (Wildman–Crippen LogP) is 1.78. The highest BCUT2D eigenvalue weighted by Gasteiger charge is 2.56. The number of benzene rings is 1. The van der Waals surface area contributed by atoms with Crippen molar-refractivity contribution in [2.45, 2.75) is 37.3 Å². The number of carbonyl (C=O) groups is 1. The zero-order valence-corrected chi connectivity index (χ0v) is 14.4.